The molecule has 2 atom stereocenters. The van der Waals surface area contributed by atoms with Gasteiger partial charge in [-0.15, -0.1) is 0 Å². The third-order valence-electron chi connectivity index (χ3n) is 3.84. The first kappa shape index (κ1) is 8.49. The topological polar surface area (TPSA) is 3.24 Å². The first-order valence-electron chi connectivity index (χ1n) is 5.62. The summed E-state index contributed by atoms with van der Waals surface area (Å²) in [4.78, 5) is 2.49. The molecule has 0 saturated carbocycles. The van der Waals surface area contributed by atoms with Gasteiger partial charge in [0.05, 0.1) is 0 Å². The lowest BCUT2D eigenvalue weighted by Crippen LogP contribution is -2.23. The van der Waals surface area contributed by atoms with Crippen molar-refractivity contribution in [2.75, 3.05) is 20.1 Å². The molecule has 2 aliphatic rings. The van der Waals surface area contributed by atoms with Crippen LogP contribution in [0.3, 0.4) is 0 Å². The zero-order chi connectivity index (χ0) is 9.54. The third kappa shape index (κ3) is 1.19. The lowest BCUT2D eigenvalue weighted by molar-refractivity contribution is 0.328. The van der Waals surface area contributed by atoms with Crippen LogP contribution in [-0.4, -0.2) is 25.0 Å². The SMILES string of the molecule is CN1CCC2CC(C1)c1ccccc12. The molecule has 2 unspecified atom stereocenters. The minimum atomic E-state index is 0.809. The molecule has 1 aromatic carbocycles. The Morgan fingerprint density at radius 3 is 2.64 bits per heavy atom. The van der Waals surface area contributed by atoms with Gasteiger partial charge in [-0.1, -0.05) is 24.3 Å². The average molecular weight is 187 g/mol. The average Bonchev–Trinajstić information content (AvgIpc) is 2.40. The minimum absolute atomic E-state index is 0.809. The van der Waals surface area contributed by atoms with Gasteiger partial charge in [-0.25, -0.2) is 0 Å². The second-order valence-electron chi connectivity index (χ2n) is 4.81. The Balaban J connectivity index is 2.04. The Kier molecular flexibility index (Phi) is 1.88. The molecule has 1 aliphatic heterocycles. The summed E-state index contributed by atoms with van der Waals surface area (Å²) in [6.07, 6.45) is 2.74. The number of hydrogen-bond acceptors (Lipinski definition) is 1. The van der Waals surface area contributed by atoms with Gasteiger partial charge in [0, 0.05) is 6.54 Å². The molecule has 74 valence electrons. The smallest absolute Gasteiger partial charge is 0.00475 e. The number of benzene rings is 1. The van der Waals surface area contributed by atoms with E-state index in [2.05, 4.69) is 36.2 Å². The maximum Gasteiger partial charge on any atom is 0.00475 e. The van der Waals surface area contributed by atoms with E-state index in [1.54, 1.807) is 11.1 Å². The first-order valence-corrected chi connectivity index (χ1v) is 5.62. The lowest BCUT2D eigenvalue weighted by Gasteiger charge is -2.21. The molecule has 0 radical (unpaired) electrons. The first-order chi connectivity index (χ1) is 6.84. The van der Waals surface area contributed by atoms with Crippen LogP contribution < -0.4 is 0 Å². The normalized spacial score (nSPS) is 31.2. The molecule has 1 heterocycles. The molecule has 1 aromatic rings. The maximum absolute atomic E-state index is 2.49. The second-order valence-corrected chi connectivity index (χ2v) is 4.81. The van der Waals surface area contributed by atoms with Gasteiger partial charge < -0.3 is 4.90 Å². The van der Waals surface area contributed by atoms with E-state index in [0.717, 1.165) is 11.8 Å². The highest BCUT2D eigenvalue weighted by molar-refractivity contribution is 5.39. The van der Waals surface area contributed by atoms with E-state index in [1.807, 2.05) is 0 Å². The summed E-state index contributed by atoms with van der Waals surface area (Å²) in [5.41, 5.74) is 3.27. The molecule has 2 bridgehead atoms. The van der Waals surface area contributed by atoms with Crippen molar-refractivity contribution in [3.63, 3.8) is 0 Å². The van der Waals surface area contributed by atoms with Crippen LogP contribution in [0, 0.1) is 0 Å². The maximum atomic E-state index is 2.49. The zero-order valence-corrected chi connectivity index (χ0v) is 8.74. The largest absolute Gasteiger partial charge is 0.306 e. The highest BCUT2D eigenvalue weighted by atomic mass is 15.1. The van der Waals surface area contributed by atoms with Crippen LogP contribution in [-0.2, 0) is 0 Å². The van der Waals surface area contributed by atoms with Crippen LogP contribution in [0.4, 0.5) is 0 Å². The highest BCUT2D eigenvalue weighted by Gasteiger charge is 2.33. The molecule has 0 aromatic heterocycles. The fourth-order valence-electron chi connectivity index (χ4n) is 3.14. The molecule has 3 rings (SSSR count). The van der Waals surface area contributed by atoms with Crippen LogP contribution >= 0.6 is 0 Å². The van der Waals surface area contributed by atoms with Crippen molar-refractivity contribution in [3.8, 4) is 0 Å². The number of rotatable bonds is 0. The number of likely N-dealkylation sites (tertiary alicyclic amines) is 1. The van der Waals surface area contributed by atoms with E-state index < -0.39 is 0 Å². The Morgan fingerprint density at radius 1 is 1.14 bits per heavy atom. The zero-order valence-electron chi connectivity index (χ0n) is 8.74. The van der Waals surface area contributed by atoms with E-state index in [-0.39, 0.29) is 0 Å². The standard InChI is InChI=1S/C13H17N/c1-14-7-6-10-8-11(9-14)13-5-3-2-4-12(10)13/h2-5,10-11H,6-9H2,1H3. The highest BCUT2D eigenvalue weighted by Crippen LogP contribution is 2.45. The van der Waals surface area contributed by atoms with Gasteiger partial charge in [-0.2, -0.15) is 0 Å². The van der Waals surface area contributed by atoms with Crippen LogP contribution in [0.25, 0.3) is 0 Å². The van der Waals surface area contributed by atoms with Gasteiger partial charge in [-0.05, 0) is 49.4 Å². The molecule has 1 heteroatoms. The molecule has 0 spiro atoms. The number of fused-ring (bicyclic) bond motifs is 5. The summed E-state index contributed by atoms with van der Waals surface area (Å²) in [5, 5.41) is 0. The summed E-state index contributed by atoms with van der Waals surface area (Å²) >= 11 is 0. The summed E-state index contributed by atoms with van der Waals surface area (Å²) in [6, 6.07) is 9.06. The summed E-state index contributed by atoms with van der Waals surface area (Å²) in [7, 11) is 2.25. The van der Waals surface area contributed by atoms with Crippen molar-refractivity contribution in [2.45, 2.75) is 24.7 Å². The van der Waals surface area contributed by atoms with Crippen molar-refractivity contribution in [1.82, 2.24) is 4.90 Å². The van der Waals surface area contributed by atoms with Crippen LogP contribution in [0.5, 0.6) is 0 Å². The van der Waals surface area contributed by atoms with Crippen LogP contribution in [0.15, 0.2) is 24.3 Å². The van der Waals surface area contributed by atoms with Crippen molar-refractivity contribution in [1.29, 1.82) is 0 Å². The quantitative estimate of drug-likeness (QED) is 0.603. The molecule has 0 N–H and O–H groups in total. The molecular weight excluding hydrogens is 170 g/mol. The minimum Gasteiger partial charge on any atom is -0.306 e. The van der Waals surface area contributed by atoms with E-state index >= 15 is 0 Å². The summed E-state index contributed by atoms with van der Waals surface area (Å²) in [5.74, 6) is 1.66. The Hall–Kier alpha value is -0.820. The Morgan fingerprint density at radius 2 is 1.86 bits per heavy atom. The van der Waals surface area contributed by atoms with E-state index in [1.165, 1.54) is 25.9 Å². The van der Waals surface area contributed by atoms with E-state index in [9.17, 15) is 0 Å². The molecule has 1 nitrogen and oxygen atoms in total. The summed E-state index contributed by atoms with van der Waals surface area (Å²) in [6.45, 7) is 2.53. The molecule has 1 aliphatic carbocycles. The van der Waals surface area contributed by atoms with Crippen molar-refractivity contribution in [2.24, 2.45) is 0 Å². The second kappa shape index (κ2) is 3.09. The Bertz CT molecular complexity index is 343. The van der Waals surface area contributed by atoms with Crippen LogP contribution in [0.1, 0.15) is 35.8 Å². The lowest BCUT2D eigenvalue weighted by atomic mass is 9.98. The summed E-state index contributed by atoms with van der Waals surface area (Å²) < 4.78 is 0. The molecule has 14 heavy (non-hydrogen) atoms. The van der Waals surface area contributed by atoms with Crippen molar-refractivity contribution in [3.05, 3.63) is 35.4 Å². The van der Waals surface area contributed by atoms with E-state index in [0.29, 0.717) is 0 Å². The van der Waals surface area contributed by atoms with Gasteiger partial charge >= 0.3 is 0 Å². The molecule has 0 amide bonds. The van der Waals surface area contributed by atoms with Crippen LogP contribution in [0.2, 0.25) is 0 Å². The number of likely N-dealkylation sites (N-methyl/N-ethyl adjacent to an activating group) is 1. The third-order valence-corrected chi connectivity index (χ3v) is 3.84. The van der Waals surface area contributed by atoms with Gasteiger partial charge in [0.2, 0.25) is 0 Å². The van der Waals surface area contributed by atoms with Gasteiger partial charge in [0.15, 0.2) is 0 Å². The Labute approximate surface area is 85.7 Å². The molecule has 1 fully saturated rings. The fraction of sp³-hybridized carbons (Fsp3) is 0.538. The van der Waals surface area contributed by atoms with Gasteiger partial charge in [-0.3, -0.25) is 0 Å². The number of nitrogens with zero attached hydrogens (tertiary/aromatic N) is 1. The van der Waals surface area contributed by atoms with Gasteiger partial charge in [0.25, 0.3) is 0 Å². The fourth-order valence-corrected chi connectivity index (χ4v) is 3.14. The molecule has 1 saturated heterocycles. The van der Waals surface area contributed by atoms with Crippen molar-refractivity contribution >= 4 is 0 Å². The van der Waals surface area contributed by atoms with E-state index in [4.69, 9.17) is 0 Å². The monoisotopic (exact) mass is 187 g/mol. The number of hydrogen-bond donors (Lipinski definition) is 0. The van der Waals surface area contributed by atoms with Crippen molar-refractivity contribution < 1.29 is 0 Å². The predicted molar refractivity (Wildman–Crippen MR) is 58.7 cm³/mol. The molecular formula is C13H17N. The predicted octanol–water partition coefficient (Wildman–Crippen LogP) is 2.59. The van der Waals surface area contributed by atoms with Gasteiger partial charge in [0.1, 0.15) is 0 Å².